The highest BCUT2D eigenvalue weighted by molar-refractivity contribution is 5.94. The quantitative estimate of drug-likeness (QED) is 0.712. The third-order valence-corrected chi connectivity index (χ3v) is 3.88. The minimum atomic E-state index is -0.0899. The van der Waals surface area contributed by atoms with Crippen LogP contribution in [-0.4, -0.2) is 48.9 Å². The van der Waals surface area contributed by atoms with E-state index in [1.54, 1.807) is 28.3 Å². The Morgan fingerprint density at radius 1 is 1.14 bits per heavy atom. The number of hydrogen-bond acceptors (Lipinski definition) is 5. The number of fused-ring (bicyclic) bond motifs is 1. The molecular weight excluding hydrogens is 280 g/mol. The Balaban J connectivity index is 1.56. The minimum Gasteiger partial charge on any atom is -0.335 e. The Bertz CT molecular complexity index is 816. The Morgan fingerprint density at radius 3 is 2.73 bits per heavy atom. The molecule has 0 saturated carbocycles. The summed E-state index contributed by atoms with van der Waals surface area (Å²) >= 11 is 0. The summed E-state index contributed by atoms with van der Waals surface area (Å²) < 4.78 is 0. The van der Waals surface area contributed by atoms with Gasteiger partial charge in [0.2, 0.25) is 0 Å². The van der Waals surface area contributed by atoms with Crippen LogP contribution in [0.4, 0.5) is 0 Å². The van der Waals surface area contributed by atoms with Crippen molar-refractivity contribution < 1.29 is 4.79 Å². The molecule has 1 fully saturated rings. The van der Waals surface area contributed by atoms with Gasteiger partial charge in [-0.2, -0.15) is 15.0 Å². The maximum atomic E-state index is 12.6. The number of nitrogens with zero attached hydrogens (tertiary/aromatic N) is 6. The number of carbonyl (C=O) groups is 1. The van der Waals surface area contributed by atoms with Crippen molar-refractivity contribution in [3.05, 3.63) is 48.5 Å². The first-order chi connectivity index (χ1) is 10.8. The molecule has 0 spiro atoms. The fourth-order valence-corrected chi connectivity index (χ4v) is 2.75. The topological polar surface area (TPSA) is 76.8 Å². The van der Waals surface area contributed by atoms with E-state index in [4.69, 9.17) is 0 Å². The lowest BCUT2D eigenvalue weighted by Gasteiger charge is -2.15. The summed E-state index contributed by atoms with van der Waals surface area (Å²) in [5.41, 5.74) is 1.91. The molecule has 7 nitrogen and oxygen atoms in total. The van der Waals surface area contributed by atoms with Gasteiger partial charge in [-0.25, -0.2) is 4.98 Å². The minimum absolute atomic E-state index is 0.0899. The van der Waals surface area contributed by atoms with Gasteiger partial charge in [-0.1, -0.05) is 12.1 Å². The van der Waals surface area contributed by atoms with E-state index in [1.807, 2.05) is 24.3 Å². The smallest absolute Gasteiger partial charge is 0.274 e. The third-order valence-electron chi connectivity index (χ3n) is 3.88. The van der Waals surface area contributed by atoms with Crippen LogP contribution in [0.25, 0.3) is 11.0 Å². The van der Waals surface area contributed by atoms with Gasteiger partial charge in [0.15, 0.2) is 0 Å². The van der Waals surface area contributed by atoms with Gasteiger partial charge in [-0.15, -0.1) is 0 Å². The SMILES string of the molecule is O=C(c1cnc2ccccc2n1)N1CC[C@@H](n2nccn2)C1. The molecule has 4 rings (SSSR count). The van der Waals surface area contributed by atoms with E-state index < -0.39 is 0 Å². The maximum Gasteiger partial charge on any atom is 0.274 e. The van der Waals surface area contributed by atoms with Crippen LogP contribution < -0.4 is 0 Å². The summed E-state index contributed by atoms with van der Waals surface area (Å²) in [6.45, 7) is 1.28. The molecule has 0 radical (unpaired) electrons. The molecule has 1 aromatic carbocycles. The Hall–Kier alpha value is -2.83. The monoisotopic (exact) mass is 294 g/mol. The number of hydrogen-bond donors (Lipinski definition) is 0. The van der Waals surface area contributed by atoms with Crippen LogP contribution in [0.15, 0.2) is 42.9 Å². The van der Waals surface area contributed by atoms with Crippen molar-refractivity contribution in [2.24, 2.45) is 0 Å². The lowest BCUT2D eigenvalue weighted by molar-refractivity contribution is 0.0780. The number of rotatable bonds is 2. The van der Waals surface area contributed by atoms with Gasteiger partial charge < -0.3 is 4.90 Å². The second-order valence-corrected chi connectivity index (χ2v) is 5.29. The zero-order chi connectivity index (χ0) is 14.9. The van der Waals surface area contributed by atoms with Gasteiger partial charge in [0.1, 0.15) is 5.69 Å². The first kappa shape index (κ1) is 12.9. The van der Waals surface area contributed by atoms with E-state index in [2.05, 4.69) is 20.2 Å². The summed E-state index contributed by atoms with van der Waals surface area (Å²) in [6, 6.07) is 7.67. The Morgan fingerprint density at radius 2 is 1.91 bits per heavy atom. The normalized spacial score (nSPS) is 18.0. The maximum absolute atomic E-state index is 12.6. The average molecular weight is 294 g/mol. The van der Waals surface area contributed by atoms with Crippen LogP contribution >= 0.6 is 0 Å². The molecule has 0 unspecified atom stereocenters. The molecule has 1 aliphatic heterocycles. The van der Waals surface area contributed by atoms with E-state index in [9.17, 15) is 4.79 Å². The second-order valence-electron chi connectivity index (χ2n) is 5.29. The van der Waals surface area contributed by atoms with Crippen LogP contribution in [0.2, 0.25) is 0 Å². The fraction of sp³-hybridized carbons (Fsp3) is 0.267. The predicted molar refractivity (Wildman–Crippen MR) is 79.1 cm³/mol. The van der Waals surface area contributed by atoms with Crippen molar-refractivity contribution in [2.45, 2.75) is 12.5 Å². The van der Waals surface area contributed by atoms with Crippen molar-refractivity contribution in [3.8, 4) is 0 Å². The van der Waals surface area contributed by atoms with Gasteiger partial charge in [0, 0.05) is 13.1 Å². The van der Waals surface area contributed by atoms with Crippen molar-refractivity contribution in [1.29, 1.82) is 0 Å². The first-order valence-corrected chi connectivity index (χ1v) is 7.18. The Labute approximate surface area is 126 Å². The number of aromatic nitrogens is 5. The lowest BCUT2D eigenvalue weighted by atomic mass is 10.3. The predicted octanol–water partition coefficient (Wildman–Crippen LogP) is 1.31. The molecule has 0 aliphatic carbocycles. The van der Waals surface area contributed by atoms with Gasteiger partial charge in [0.25, 0.3) is 5.91 Å². The molecule has 110 valence electrons. The van der Waals surface area contributed by atoms with Crippen molar-refractivity contribution in [3.63, 3.8) is 0 Å². The van der Waals surface area contributed by atoms with Crippen LogP contribution in [0.5, 0.6) is 0 Å². The van der Waals surface area contributed by atoms with E-state index in [-0.39, 0.29) is 11.9 Å². The fourth-order valence-electron chi connectivity index (χ4n) is 2.75. The van der Waals surface area contributed by atoms with Crippen molar-refractivity contribution in [2.75, 3.05) is 13.1 Å². The zero-order valence-corrected chi connectivity index (χ0v) is 11.8. The van der Waals surface area contributed by atoms with Crippen molar-refractivity contribution >= 4 is 16.9 Å². The molecule has 3 aromatic rings. The molecule has 0 bridgehead atoms. The molecule has 0 N–H and O–H groups in total. The molecule has 2 aromatic heterocycles. The number of para-hydroxylation sites is 2. The van der Waals surface area contributed by atoms with Gasteiger partial charge in [-0.3, -0.25) is 9.78 Å². The van der Waals surface area contributed by atoms with Crippen molar-refractivity contribution in [1.82, 2.24) is 29.9 Å². The van der Waals surface area contributed by atoms with Crippen LogP contribution in [-0.2, 0) is 0 Å². The van der Waals surface area contributed by atoms with E-state index in [1.165, 1.54) is 0 Å². The number of amides is 1. The summed E-state index contributed by atoms with van der Waals surface area (Å²) in [5, 5.41) is 8.29. The number of benzene rings is 1. The molecule has 22 heavy (non-hydrogen) atoms. The third kappa shape index (κ3) is 2.20. The molecule has 7 heteroatoms. The summed E-state index contributed by atoms with van der Waals surface area (Å²) in [7, 11) is 0. The van der Waals surface area contributed by atoms with Gasteiger partial charge in [-0.05, 0) is 18.6 Å². The summed E-state index contributed by atoms with van der Waals surface area (Å²) in [5.74, 6) is -0.0899. The van der Waals surface area contributed by atoms with E-state index >= 15 is 0 Å². The average Bonchev–Trinajstić information content (AvgIpc) is 3.24. The van der Waals surface area contributed by atoms with Crippen LogP contribution in [0.3, 0.4) is 0 Å². The highest BCUT2D eigenvalue weighted by Gasteiger charge is 2.29. The lowest BCUT2D eigenvalue weighted by Crippen LogP contribution is -2.30. The first-order valence-electron chi connectivity index (χ1n) is 7.18. The Kier molecular flexibility index (Phi) is 3.03. The van der Waals surface area contributed by atoms with Crippen LogP contribution in [0.1, 0.15) is 23.0 Å². The molecule has 1 saturated heterocycles. The van der Waals surface area contributed by atoms with Crippen LogP contribution in [0, 0.1) is 0 Å². The molecular formula is C15H14N6O. The molecule has 1 aliphatic rings. The summed E-state index contributed by atoms with van der Waals surface area (Å²) in [6.07, 6.45) is 5.70. The molecule has 1 atom stereocenters. The summed E-state index contributed by atoms with van der Waals surface area (Å²) in [4.78, 5) is 24.7. The number of likely N-dealkylation sites (tertiary alicyclic amines) is 1. The largest absolute Gasteiger partial charge is 0.335 e. The standard InChI is InChI=1S/C15H14N6O/c22-15(14-9-16-12-3-1-2-4-13(12)19-14)20-8-5-11(10-20)21-17-6-7-18-21/h1-4,6-7,9,11H,5,8,10H2/t11-/m1/s1. The molecule has 1 amide bonds. The molecule has 3 heterocycles. The zero-order valence-electron chi connectivity index (χ0n) is 11.8. The second kappa shape index (κ2) is 5.18. The number of carbonyl (C=O) groups excluding carboxylic acids is 1. The highest BCUT2D eigenvalue weighted by Crippen LogP contribution is 2.21. The van der Waals surface area contributed by atoms with Gasteiger partial charge in [0.05, 0.1) is 35.7 Å². The van der Waals surface area contributed by atoms with E-state index in [0.29, 0.717) is 18.8 Å². The highest BCUT2D eigenvalue weighted by atomic mass is 16.2. The van der Waals surface area contributed by atoms with E-state index in [0.717, 1.165) is 17.5 Å². The van der Waals surface area contributed by atoms with Gasteiger partial charge >= 0.3 is 0 Å².